The van der Waals surface area contributed by atoms with E-state index in [1.54, 1.807) is 0 Å². The molecule has 17 heavy (non-hydrogen) atoms. The van der Waals surface area contributed by atoms with Crippen molar-refractivity contribution in [1.29, 1.82) is 0 Å². The van der Waals surface area contributed by atoms with E-state index in [1.807, 2.05) is 10.9 Å². The van der Waals surface area contributed by atoms with E-state index < -0.39 is 0 Å². The summed E-state index contributed by atoms with van der Waals surface area (Å²) < 4.78 is 1.96. The number of nitrogens with zero attached hydrogens (tertiary/aromatic N) is 2. The summed E-state index contributed by atoms with van der Waals surface area (Å²) in [6.07, 6.45) is 9.27. The van der Waals surface area contributed by atoms with Gasteiger partial charge in [0, 0.05) is 37.3 Å². The van der Waals surface area contributed by atoms with E-state index in [0.717, 1.165) is 25.5 Å². The summed E-state index contributed by atoms with van der Waals surface area (Å²) in [6.45, 7) is 4.98. The molecule has 1 aliphatic rings. The van der Waals surface area contributed by atoms with Crippen LogP contribution < -0.4 is 5.32 Å². The van der Waals surface area contributed by atoms with E-state index in [4.69, 9.17) is 11.6 Å². The molecule has 0 aliphatic heterocycles. The summed E-state index contributed by atoms with van der Waals surface area (Å²) in [7, 11) is 0. The maximum atomic E-state index is 6.12. The molecule has 0 spiro atoms. The van der Waals surface area contributed by atoms with Crippen molar-refractivity contribution >= 4 is 11.6 Å². The SMILES string of the molecule is CCn1cc(CNCC2(CCl)CCCC2)cn1. The first-order valence-electron chi connectivity index (χ1n) is 6.56. The van der Waals surface area contributed by atoms with E-state index in [9.17, 15) is 0 Å². The molecule has 1 heterocycles. The van der Waals surface area contributed by atoms with Gasteiger partial charge in [-0.15, -0.1) is 11.6 Å². The summed E-state index contributed by atoms with van der Waals surface area (Å²) in [5.74, 6) is 0.786. The lowest BCUT2D eigenvalue weighted by atomic mass is 9.88. The molecule has 1 aliphatic carbocycles. The molecule has 0 bridgehead atoms. The van der Waals surface area contributed by atoms with Gasteiger partial charge in [-0.1, -0.05) is 12.8 Å². The van der Waals surface area contributed by atoms with Gasteiger partial charge in [0.15, 0.2) is 0 Å². The predicted molar refractivity (Wildman–Crippen MR) is 71.2 cm³/mol. The highest BCUT2D eigenvalue weighted by atomic mass is 35.5. The van der Waals surface area contributed by atoms with Gasteiger partial charge in [0.25, 0.3) is 0 Å². The standard InChI is InChI=1S/C13H22ClN3/c1-2-17-9-12(8-16-17)7-15-11-13(10-14)5-3-4-6-13/h8-9,15H,2-7,10-11H2,1H3. The Morgan fingerprint density at radius 2 is 2.24 bits per heavy atom. The van der Waals surface area contributed by atoms with Crippen LogP contribution in [0.3, 0.4) is 0 Å². The van der Waals surface area contributed by atoms with Gasteiger partial charge in [-0.2, -0.15) is 5.10 Å². The van der Waals surface area contributed by atoms with Crippen LogP contribution in [0, 0.1) is 5.41 Å². The Bertz CT molecular complexity index is 342. The Morgan fingerprint density at radius 3 is 2.82 bits per heavy atom. The molecule has 0 saturated heterocycles. The van der Waals surface area contributed by atoms with Crippen LogP contribution >= 0.6 is 11.6 Å². The fourth-order valence-electron chi connectivity index (χ4n) is 2.63. The zero-order valence-electron chi connectivity index (χ0n) is 10.6. The summed E-state index contributed by atoms with van der Waals surface area (Å²) >= 11 is 6.12. The van der Waals surface area contributed by atoms with E-state index >= 15 is 0 Å². The summed E-state index contributed by atoms with van der Waals surface area (Å²) in [5.41, 5.74) is 1.61. The monoisotopic (exact) mass is 255 g/mol. The Labute approximate surface area is 109 Å². The molecule has 0 aromatic carbocycles. The second-order valence-electron chi connectivity index (χ2n) is 5.15. The van der Waals surface area contributed by atoms with Gasteiger partial charge in [0.2, 0.25) is 0 Å². The molecule has 1 N–H and O–H groups in total. The molecular weight excluding hydrogens is 234 g/mol. The number of rotatable bonds is 6. The van der Waals surface area contributed by atoms with Crippen LogP contribution in [0.15, 0.2) is 12.4 Å². The predicted octanol–water partition coefficient (Wildman–Crippen LogP) is 2.79. The van der Waals surface area contributed by atoms with Crippen molar-refractivity contribution in [2.75, 3.05) is 12.4 Å². The number of aromatic nitrogens is 2. The molecule has 1 fully saturated rings. The van der Waals surface area contributed by atoms with Gasteiger partial charge in [-0.05, 0) is 25.2 Å². The first-order chi connectivity index (χ1) is 8.28. The molecule has 1 aromatic heterocycles. The van der Waals surface area contributed by atoms with Gasteiger partial charge in [-0.3, -0.25) is 4.68 Å². The van der Waals surface area contributed by atoms with Gasteiger partial charge in [0.05, 0.1) is 6.20 Å². The van der Waals surface area contributed by atoms with Crippen molar-refractivity contribution in [3.05, 3.63) is 18.0 Å². The number of nitrogens with one attached hydrogen (secondary N) is 1. The van der Waals surface area contributed by atoms with Crippen molar-refractivity contribution in [2.24, 2.45) is 5.41 Å². The van der Waals surface area contributed by atoms with Crippen LogP contribution in [0.5, 0.6) is 0 Å². The normalized spacial score (nSPS) is 18.7. The van der Waals surface area contributed by atoms with Crippen molar-refractivity contribution in [2.45, 2.75) is 45.7 Å². The largest absolute Gasteiger partial charge is 0.312 e. The zero-order chi connectivity index (χ0) is 12.1. The second kappa shape index (κ2) is 5.87. The maximum absolute atomic E-state index is 6.12. The third-order valence-corrected chi connectivity index (χ3v) is 4.35. The minimum atomic E-state index is 0.350. The number of alkyl halides is 1. The first kappa shape index (κ1) is 12.9. The Kier molecular flexibility index (Phi) is 4.46. The molecule has 3 nitrogen and oxygen atoms in total. The third-order valence-electron chi connectivity index (χ3n) is 3.79. The minimum absolute atomic E-state index is 0.350. The van der Waals surface area contributed by atoms with E-state index in [0.29, 0.717) is 5.41 Å². The van der Waals surface area contributed by atoms with Crippen LogP contribution in [0.1, 0.15) is 38.2 Å². The summed E-state index contributed by atoms with van der Waals surface area (Å²) in [6, 6.07) is 0. The molecule has 2 rings (SSSR count). The third kappa shape index (κ3) is 3.23. The van der Waals surface area contributed by atoms with Crippen molar-refractivity contribution in [1.82, 2.24) is 15.1 Å². The molecule has 0 amide bonds. The zero-order valence-corrected chi connectivity index (χ0v) is 11.3. The minimum Gasteiger partial charge on any atom is -0.312 e. The van der Waals surface area contributed by atoms with Crippen molar-refractivity contribution < 1.29 is 0 Å². The van der Waals surface area contributed by atoms with Gasteiger partial charge in [0.1, 0.15) is 0 Å². The number of hydrogen-bond acceptors (Lipinski definition) is 2. The molecule has 4 heteroatoms. The average molecular weight is 256 g/mol. The van der Waals surface area contributed by atoms with Crippen LogP contribution in [0.4, 0.5) is 0 Å². The summed E-state index contributed by atoms with van der Waals surface area (Å²) in [5, 5.41) is 7.81. The van der Waals surface area contributed by atoms with Crippen LogP contribution in [-0.4, -0.2) is 22.2 Å². The van der Waals surface area contributed by atoms with E-state index in [-0.39, 0.29) is 0 Å². The maximum Gasteiger partial charge on any atom is 0.0534 e. The van der Waals surface area contributed by atoms with Crippen LogP contribution in [0.25, 0.3) is 0 Å². The second-order valence-corrected chi connectivity index (χ2v) is 5.42. The molecule has 96 valence electrons. The average Bonchev–Trinajstić information content (AvgIpc) is 2.98. The lowest BCUT2D eigenvalue weighted by Gasteiger charge is -2.26. The van der Waals surface area contributed by atoms with Crippen molar-refractivity contribution in [3.8, 4) is 0 Å². The Hall–Kier alpha value is -0.540. The fraction of sp³-hybridized carbons (Fsp3) is 0.769. The molecule has 0 atom stereocenters. The molecule has 1 aromatic rings. The molecular formula is C13H22ClN3. The van der Waals surface area contributed by atoms with E-state index in [2.05, 4.69) is 23.5 Å². The Morgan fingerprint density at radius 1 is 1.47 bits per heavy atom. The van der Waals surface area contributed by atoms with Gasteiger partial charge >= 0.3 is 0 Å². The molecule has 1 saturated carbocycles. The highest BCUT2D eigenvalue weighted by Crippen LogP contribution is 2.38. The lowest BCUT2D eigenvalue weighted by Crippen LogP contribution is -2.33. The number of halogens is 1. The van der Waals surface area contributed by atoms with Gasteiger partial charge < -0.3 is 5.32 Å². The Balaban J connectivity index is 1.78. The smallest absolute Gasteiger partial charge is 0.0534 e. The number of aryl methyl sites for hydroxylation is 1. The van der Waals surface area contributed by atoms with Crippen molar-refractivity contribution in [3.63, 3.8) is 0 Å². The molecule has 0 unspecified atom stereocenters. The lowest BCUT2D eigenvalue weighted by molar-refractivity contribution is 0.320. The van der Waals surface area contributed by atoms with E-state index in [1.165, 1.54) is 31.2 Å². The highest BCUT2D eigenvalue weighted by molar-refractivity contribution is 6.18. The summed E-state index contributed by atoms with van der Waals surface area (Å²) in [4.78, 5) is 0. The van der Waals surface area contributed by atoms with Gasteiger partial charge in [-0.25, -0.2) is 0 Å². The fourth-order valence-corrected chi connectivity index (χ4v) is 2.99. The van der Waals surface area contributed by atoms with Crippen LogP contribution in [-0.2, 0) is 13.1 Å². The highest BCUT2D eigenvalue weighted by Gasteiger charge is 2.32. The quantitative estimate of drug-likeness (QED) is 0.793. The molecule has 0 radical (unpaired) electrons. The number of hydrogen-bond donors (Lipinski definition) is 1. The first-order valence-corrected chi connectivity index (χ1v) is 7.09. The topological polar surface area (TPSA) is 29.9 Å². The van der Waals surface area contributed by atoms with Crippen LogP contribution in [0.2, 0.25) is 0 Å².